The number of carbonyl (C=O) groups is 2. The highest BCUT2D eigenvalue weighted by atomic mass is 16.5. The van der Waals surface area contributed by atoms with Gasteiger partial charge >= 0.3 is 0 Å². The quantitative estimate of drug-likeness (QED) is 0.672. The van der Waals surface area contributed by atoms with Gasteiger partial charge in [-0.1, -0.05) is 30.3 Å². The number of fused-ring (bicyclic) bond motifs is 1. The number of hydrogen-bond donors (Lipinski definition) is 1. The van der Waals surface area contributed by atoms with E-state index in [0.29, 0.717) is 17.1 Å². The molecule has 27 heavy (non-hydrogen) atoms. The maximum Gasteiger partial charge on any atom is 0.294 e. The number of nitrogens with two attached hydrogens (primary N) is 1. The summed E-state index contributed by atoms with van der Waals surface area (Å²) in [5.41, 5.74) is 7.83. The third kappa shape index (κ3) is 3.51. The smallest absolute Gasteiger partial charge is 0.294 e. The van der Waals surface area contributed by atoms with E-state index < -0.39 is 0 Å². The number of amides is 2. The summed E-state index contributed by atoms with van der Waals surface area (Å²) in [4.78, 5) is 29.0. The molecule has 138 valence electrons. The molecule has 0 saturated carbocycles. The van der Waals surface area contributed by atoms with Crippen molar-refractivity contribution in [2.45, 2.75) is 12.8 Å². The Labute approximate surface area is 157 Å². The lowest BCUT2D eigenvalue weighted by atomic mass is 10.1. The minimum atomic E-state index is -0.330. The average Bonchev–Trinajstić information content (AvgIpc) is 3.20. The van der Waals surface area contributed by atoms with Crippen LogP contribution < -0.4 is 15.4 Å². The molecule has 2 N–H and O–H groups in total. The molecule has 0 spiro atoms. The zero-order chi connectivity index (χ0) is 18.8. The van der Waals surface area contributed by atoms with Crippen molar-refractivity contribution in [1.82, 2.24) is 4.90 Å². The van der Waals surface area contributed by atoms with Crippen molar-refractivity contribution in [3.63, 3.8) is 0 Å². The van der Waals surface area contributed by atoms with Crippen LogP contribution in [0.25, 0.3) is 6.08 Å². The average molecular weight is 363 g/mol. The Balaban J connectivity index is 1.68. The Morgan fingerprint density at radius 2 is 1.85 bits per heavy atom. The first kappa shape index (κ1) is 17.1. The monoisotopic (exact) mass is 363 g/mol. The van der Waals surface area contributed by atoms with Gasteiger partial charge in [0.05, 0.1) is 5.69 Å². The van der Waals surface area contributed by atoms with E-state index in [0.717, 1.165) is 31.5 Å². The first-order valence-corrected chi connectivity index (χ1v) is 9.05. The minimum Gasteiger partial charge on any atom is -0.449 e. The molecule has 2 aromatic rings. The number of anilines is 2. The molecule has 6 heteroatoms. The normalized spacial score (nSPS) is 17.8. The van der Waals surface area contributed by atoms with Crippen LogP contribution in [0.15, 0.2) is 54.3 Å². The molecule has 0 atom stereocenters. The summed E-state index contributed by atoms with van der Waals surface area (Å²) in [5.74, 6) is 0.271. The van der Waals surface area contributed by atoms with Gasteiger partial charge in [0, 0.05) is 24.8 Å². The van der Waals surface area contributed by atoms with Crippen LogP contribution in [0.1, 0.15) is 18.4 Å². The Bertz CT molecular complexity index is 902. The van der Waals surface area contributed by atoms with Gasteiger partial charge in [-0.15, -0.1) is 0 Å². The van der Waals surface area contributed by atoms with Crippen LogP contribution in [0.4, 0.5) is 11.4 Å². The maximum absolute atomic E-state index is 13.1. The summed E-state index contributed by atoms with van der Waals surface area (Å²) in [6.07, 6.45) is 3.70. The number of nitrogens with zero attached hydrogens (tertiary/aromatic N) is 2. The number of carbonyl (C=O) groups excluding carboxylic acids is 2. The Morgan fingerprint density at radius 1 is 1.11 bits per heavy atom. The standard InChI is InChI=1S/C21H21N3O3/c22-16-8-9-17-18(13-16)27-19(12-15-6-2-1-3-7-15)21(26)24(17)14-20(25)23-10-4-5-11-23/h1-3,6-9,12-13H,4-5,10-11,14,22H2/b19-12+. The fourth-order valence-electron chi connectivity index (χ4n) is 3.39. The number of likely N-dealkylation sites (tertiary alicyclic amines) is 1. The fraction of sp³-hybridized carbons (Fsp3) is 0.238. The van der Waals surface area contributed by atoms with Crippen molar-refractivity contribution >= 4 is 29.3 Å². The second-order valence-corrected chi connectivity index (χ2v) is 6.73. The highest BCUT2D eigenvalue weighted by Gasteiger charge is 2.33. The summed E-state index contributed by atoms with van der Waals surface area (Å²) in [7, 11) is 0. The van der Waals surface area contributed by atoms with Gasteiger partial charge in [0.15, 0.2) is 11.5 Å². The van der Waals surface area contributed by atoms with Gasteiger partial charge in [-0.2, -0.15) is 0 Å². The molecule has 4 rings (SSSR count). The van der Waals surface area contributed by atoms with E-state index in [1.165, 1.54) is 4.90 Å². The van der Waals surface area contributed by atoms with Crippen molar-refractivity contribution in [3.05, 3.63) is 59.9 Å². The van der Waals surface area contributed by atoms with Gasteiger partial charge in [-0.05, 0) is 36.6 Å². The van der Waals surface area contributed by atoms with E-state index in [-0.39, 0.29) is 24.1 Å². The van der Waals surface area contributed by atoms with Crippen molar-refractivity contribution in [3.8, 4) is 5.75 Å². The van der Waals surface area contributed by atoms with Gasteiger partial charge in [0.1, 0.15) is 6.54 Å². The largest absolute Gasteiger partial charge is 0.449 e. The van der Waals surface area contributed by atoms with E-state index in [1.807, 2.05) is 30.3 Å². The molecule has 1 fully saturated rings. The Morgan fingerprint density at radius 3 is 2.59 bits per heavy atom. The third-order valence-electron chi connectivity index (χ3n) is 4.80. The summed E-state index contributed by atoms with van der Waals surface area (Å²) >= 11 is 0. The molecule has 2 amide bonds. The number of nitrogen functional groups attached to an aromatic ring is 1. The molecule has 0 aromatic heterocycles. The van der Waals surface area contributed by atoms with Crippen LogP contribution in [0.3, 0.4) is 0 Å². The third-order valence-corrected chi connectivity index (χ3v) is 4.80. The number of ether oxygens (including phenoxy) is 1. The molecule has 2 aromatic carbocycles. The summed E-state index contributed by atoms with van der Waals surface area (Å²) in [6.45, 7) is 1.49. The number of benzene rings is 2. The van der Waals surface area contributed by atoms with Crippen LogP contribution in [-0.4, -0.2) is 36.3 Å². The van der Waals surface area contributed by atoms with Crippen molar-refractivity contribution < 1.29 is 14.3 Å². The number of hydrogen-bond acceptors (Lipinski definition) is 4. The highest BCUT2D eigenvalue weighted by Crippen LogP contribution is 2.37. The van der Waals surface area contributed by atoms with E-state index in [2.05, 4.69) is 0 Å². The van der Waals surface area contributed by atoms with Gasteiger partial charge in [0.2, 0.25) is 5.91 Å². The summed E-state index contributed by atoms with van der Waals surface area (Å²) < 4.78 is 5.83. The molecule has 2 aliphatic heterocycles. The number of rotatable bonds is 3. The van der Waals surface area contributed by atoms with Crippen LogP contribution in [-0.2, 0) is 9.59 Å². The van der Waals surface area contributed by atoms with Crippen LogP contribution >= 0.6 is 0 Å². The molecule has 1 saturated heterocycles. The van der Waals surface area contributed by atoms with Gasteiger partial charge in [-0.25, -0.2) is 0 Å². The second kappa shape index (κ2) is 7.15. The predicted molar refractivity (Wildman–Crippen MR) is 104 cm³/mol. The molecule has 0 radical (unpaired) electrons. The van der Waals surface area contributed by atoms with Gasteiger partial charge in [0.25, 0.3) is 5.91 Å². The molecule has 0 bridgehead atoms. The summed E-state index contributed by atoms with van der Waals surface area (Å²) in [6, 6.07) is 14.6. The van der Waals surface area contributed by atoms with E-state index in [9.17, 15) is 9.59 Å². The van der Waals surface area contributed by atoms with Gasteiger partial charge < -0.3 is 15.4 Å². The van der Waals surface area contributed by atoms with E-state index in [1.54, 1.807) is 29.2 Å². The molecule has 2 aliphatic rings. The zero-order valence-corrected chi connectivity index (χ0v) is 14.9. The lowest BCUT2D eigenvalue weighted by Gasteiger charge is -2.31. The minimum absolute atomic E-state index is 0.00869. The molecular formula is C21H21N3O3. The second-order valence-electron chi connectivity index (χ2n) is 6.73. The van der Waals surface area contributed by atoms with E-state index >= 15 is 0 Å². The first-order valence-electron chi connectivity index (χ1n) is 9.05. The van der Waals surface area contributed by atoms with Crippen molar-refractivity contribution in [1.29, 1.82) is 0 Å². The fourth-order valence-corrected chi connectivity index (χ4v) is 3.39. The molecule has 0 unspecified atom stereocenters. The lowest BCUT2D eigenvalue weighted by molar-refractivity contribution is -0.130. The summed E-state index contributed by atoms with van der Waals surface area (Å²) in [5, 5.41) is 0. The molecule has 2 heterocycles. The SMILES string of the molecule is Nc1ccc2c(c1)O/C(=C/c1ccccc1)C(=O)N2CC(=O)N1CCCC1. The maximum atomic E-state index is 13.1. The molecule has 6 nitrogen and oxygen atoms in total. The predicted octanol–water partition coefficient (Wildman–Crippen LogP) is 2.66. The van der Waals surface area contributed by atoms with Crippen molar-refractivity contribution in [2.75, 3.05) is 30.3 Å². The Hall–Kier alpha value is -3.28. The highest BCUT2D eigenvalue weighted by molar-refractivity contribution is 6.12. The Kier molecular flexibility index (Phi) is 4.54. The van der Waals surface area contributed by atoms with Crippen LogP contribution in [0, 0.1) is 0 Å². The lowest BCUT2D eigenvalue weighted by Crippen LogP contribution is -2.45. The van der Waals surface area contributed by atoms with Gasteiger partial charge in [-0.3, -0.25) is 14.5 Å². The van der Waals surface area contributed by atoms with Crippen LogP contribution in [0.2, 0.25) is 0 Å². The van der Waals surface area contributed by atoms with E-state index in [4.69, 9.17) is 10.5 Å². The van der Waals surface area contributed by atoms with Crippen molar-refractivity contribution in [2.24, 2.45) is 0 Å². The molecular weight excluding hydrogens is 342 g/mol. The topological polar surface area (TPSA) is 75.9 Å². The van der Waals surface area contributed by atoms with Crippen LogP contribution in [0.5, 0.6) is 5.75 Å². The first-order chi connectivity index (χ1) is 13.1. The zero-order valence-electron chi connectivity index (χ0n) is 14.9. The molecule has 0 aliphatic carbocycles.